The SMILES string of the molecule is COc1ccc(Cc2cccc3c2C2CCCN(C(=O)c4ccc5nc[nH]c5c4)C2CC3)cc1.[HH]. The minimum absolute atomic E-state index is 0. The molecule has 2 heterocycles. The largest absolute Gasteiger partial charge is 0.497 e. The zero-order valence-electron chi connectivity index (χ0n) is 19.5. The van der Waals surface area contributed by atoms with E-state index in [1.54, 1.807) is 13.4 Å². The lowest BCUT2D eigenvalue weighted by Gasteiger charge is -2.45. The number of carbonyl (C=O) groups excluding carboxylic acids is 1. The molecule has 5 heteroatoms. The molecule has 34 heavy (non-hydrogen) atoms. The number of rotatable bonds is 4. The van der Waals surface area contributed by atoms with E-state index < -0.39 is 0 Å². The highest BCUT2D eigenvalue weighted by molar-refractivity contribution is 5.97. The molecule has 0 saturated carbocycles. The zero-order valence-corrected chi connectivity index (χ0v) is 19.5. The molecule has 0 radical (unpaired) electrons. The maximum absolute atomic E-state index is 13.6. The summed E-state index contributed by atoms with van der Waals surface area (Å²) in [7, 11) is 1.70. The number of hydrogen-bond acceptors (Lipinski definition) is 3. The number of methoxy groups -OCH3 is 1. The van der Waals surface area contributed by atoms with Crippen molar-refractivity contribution in [3.05, 3.63) is 94.8 Å². The van der Waals surface area contributed by atoms with Gasteiger partial charge in [-0.2, -0.15) is 0 Å². The summed E-state index contributed by atoms with van der Waals surface area (Å²) in [6.45, 7) is 0.830. The molecular weight excluding hydrogens is 422 g/mol. The number of aromatic nitrogens is 2. The van der Waals surface area contributed by atoms with Gasteiger partial charge in [-0.25, -0.2) is 4.98 Å². The number of amides is 1. The van der Waals surface area contributed by atoms with Crippen molar-refractivity contribution in [2.24, 2.45) is 0 Å². The Morgan fingerprint density at radius 3 is 2.88 bits per heavy atom. The minimum atomic E-state index is 0. The van der Waals surface area contributed by atoms with Crippen LogP contribution in [0.15, 0.2) is 67.0 Å². The predicted molar refractivity (Wildman–Crippen MR) is 136 cm³/mol. The first-order chi connectivity index (χ1) is 16.7. The van der Waals surface area contributed by atoms with Crippen molar-refractivity contribution in [1.29, 1.82) is 0 Å². The fraction of sp³-hybridized carbons (Fsp3) is 0.310. The smallest absolute Gasteiger partial charge is 0.254 e. The highest BCUT2D eigenvalue weighted by Gasteiger charge is 2.39. The second-order valence-electron chi connectivity index (χ2n) is 9.50. The van der Waals surface area contributed by atoms with Gasteiger partial charge in [-0.1, -0.05) is 30.3 Å². The number of likely N-dealkylation sites (tertiary alicyclic amines) is 1. The molecule has 1 N–H and O–H groups in total. The van der Waals surface area contributed by atoms with E-state index in [9.17, 15) is 4.79 Å². The van der Waals surface area contributed by atoms with Gasteiger partial charge in [-0.3, -0.25) is 4.79 Å². The fourth-order valence-electron chi connectivity index (χ4n) is 6.02. The van der Waals surface area contributed by atoms with E-state index >= 15 is 0 Å². The molecule has 1 aliphatic carbocycles. The second kappa shape index (κ2) is 8.64. The molecule has 2 unspecified atom stereocenters. The number of ether oxygens (including phenoxy) is 1. The van der Waals surface area contributed by atoms with E-state index in [-0.39, 0.29) is 13.4 Å². The Hall–Kier alpha value is -3.60. The summed E-state index contributed by atoms with van der Waals surface area (Å²) in [5.74, 6) is 1.42. The Bertz CT molecular complexity index is 1350. The van der Waals surface area contributed by atoms with E-state index in [2.05, 4.69) is 45.2 Å². The molecule has 1 amide bonds. The molecule has 4 aromatic rings. The lowest BCUT2D eigenvalue weighted by Crippen LogP contribution is -2.49. The highest BCUT2D eigenvalue weighted by atomic mass is 16.5. The average molecular weight is 454 g/mol. The molecule has 5 nitrogen and oxygen atoms in total. The van der Waals surface area contributed by atoms with E-state index in [0.29, 0.717) is 5.92 Å². The Labute approximate surface area is 201 Å². The lowest BCUT2D eigenvalue weighted by molar-refractivity contribution is 0.0546. The van der Waals surface area contributed by atoms with Crippen LogP contribution in [-0.4, -0.2) is 40.5 Å². The first-order valence-electron chi connectivity index (χ1n) is 12.2. The number of hydrogen-bond donors (Lipinski definition) is 1. The molecule has 0 bridgehead atoms. The number of nitrogens with zero attached hydrogens (tertiary/aromatic N) is 2. The maximum Gasteiger partial charge on any atom is 0.254 e. The van der Waals surface area contributed by atoms with Gasteiger partial charge in [0.25, 0.3) is 5.91 Å². The van der Waals surface area contributed by atoms with Crippen LogP contribution in [0, 0.1) is 0 Å². The molecule has 6 rings (SSSR count). The summed E-state index contributed by atoms with van der Waals surface area (Å²) in [5, 5.41) is 0. The summed E-state index contributed by atoms with van der Waals surface area (Å²) >= 11 is 0. The standard InChI is InChI=1S/C29H29N3O2.H2/c1-34-23-11-7-19(8-12-23)16-21-5-2-4-20-10-14-27-24(28(20)21)6-3-15-32(27)29(33)22-9-13-25-26(17-22)31-18-30-25;/h2,4-5,7-9,11-13,17-18,24,27H,3,6,10,14-16H2,1H3,(H,30,31);1H. The number of fused-ring (bicyclic) bond motifs is 4. The van der Waals surface area contributed by atoms with Crippen LogP contribution in [0.5, 0.6) is 5.75 Å². The van der Waals surface area contributed by atoms with Crippen molar-refractivity contribution in [3.63, 3.8) is 0 Å². The number of nitrogens with one attached hydrogen (secondary N) is 1. The van der Waals surface area contributed by atoms with Gasteiger partial charge in [0.05, 0.1) is 24.5 Å². The quantitative estimate of drug-likeness (QED) is 0.428. The number of aryl methyl sites for hydroxylation is 1. The van der Waals surface area contributed by atoms with Crippen LogP contribution in [0.2, 0.25) is 0 Å². The van der Waals surface area contributed by atoms with Crippen LogP contribution in [0.3, 0.4) is 0 Å². The first kappa shape index (κ1) is 21.0. The van der Waals surface area contributed by atoms with Crippen LogP contribution in [0.25, 0.3) is 11.0 Å². The summed E-state index contributed by atoms with van der Waals surface area (Å²) < 4.78 is 5.33. The van der Waals surface area contributed by atoms with Crippen molar-refractivity contribution in [3.8, 4) is 5.75 Å². The van der Waals surface area contributed by atoms with Crippen LogP contribution in [-0.2, 0) is 12.8 Å². The van der Waals surface area contributed by atoms with Gasteiger partial charge in [0.2, 0.25) is 0 Å². The molecule has 174 valence electrons. The third kappa shape index (κ3) is 3.65. The molecule has 1 saturated heterocycles. The van der Waals surface area contributed by atoms with Crippen molar-refractivity contribution < 1.29 is 11.0 Å². The van der Waals surface area contributed by atoms with Gasteiger partial charge in [0, 0.05) is 25.5 Å². The Morgan fingerprint density at radius 2 is 2.03 bits per heavy atom. The van der Waals surface area contributed by atoms with Gasteiger partial charge in [0.1, 0.15) is 5.75 Å². The van der Waals surface area contributed by atoms with E-state index in [1.165, 1.54) is 22.3 Å². The number of benzene rings is 3. The summed E-state index contributed by atoms with van der Waals surface area (Å²) in [4.78, 5) is 23.2. The Morgan fingerprint density at radius 1 is 1.15 bits per heavy atom. The number of carbonyl (C=O) groups is 1. The minimum Gasteiger partial charge on any atom is -0.497 e. The van der Waals surface area contributed by atoms with Crippen molar-refractivity contribution in [2.45, 2.75) is 44.1 Å². The predicted octanol–water partition coefficient (Wildman–Crippen LogP) is 5.74. The Balaban J connectivity index is 0.00000253. The van der Waals surface area contributed by atoms with Gasteiger partial charge >= 0.3 is 0 Å². The number of aromatic amines is 1. The van der Waals surface area contributed by atoms with Crippen molar-refractivity contribution in [1.82, 2.24) is 14.9 Å². The first-order valence-corrected chi connectivity index (χ1v) is 12.2. The van der Waals surface area contributed by atoms with Gasteiger partial charge in [-0.05, 0) is 84.7 Å². The summed E-state index contributed by atoms with van der Waals surface area (Å²) in [6, 6.07) is 21.2. The van der Waals surface area contributed by atoms with Crippen LogP contribution < -0.4 is 4.74 Å². The highest BCUT2D eigenvalue weighted by Crippen LogP contribution is 2.43. The van der Waals surface area contributed by atoms with E-state index in [4.69, 9.17) is 4.74 Å². The molecule has 1 fully saturated rings. The van der Waals surface area contributed by atoms with E-state index in [0.717, 1.165) is 61.0 Å². The van der Waals surface area contributed by atoms with Crippen LogP contribution in [0.4, 0.5) is 0 Å². The molecule has 1 aromatic heterocycles. The zero-order chi connectivity index (χ0) is 23.1. The molecular formula is C29H31N3O2. The lowest BCUT2D eigenvalue weighted by atomic mass is 9.72. The normalized spacial score (nSPS) is 19.5. The fourth-order valence-corrected chi connectivity index (χ4v) is 6.02. The van der Waals surface area contributed by atoms with Gasteiger partial charge in [0.15, 0.2) is 0 Å². The summed E-state index contributed by atoms with van der Waals surface area (Å²) in [6.07, 6.45) is 6.81. The third-order valence-corrected chi connectivity index (χ3v) is 7.63. The molecule has 1 aliphatic heterocycles. The van der Waals surface area contributed by atoms with E-state index in [1.807, 2.05) is 30.3 Å². The Kier molecular flexibility index (Phi) is 5.33. The topological polar surface area (TPSA) is 58.2 Å². The van der Waals surface area contributed by atoms with Gasteiger partial charge < -0.3 is 14.6 Å². The third-order valence-electron chi connectivity index (χ3n) is 7.63. The van der Waals surface area contributed by atoms with Crippen molar-refractivity contribution >= 4 is 16.9 Å². The summed E-state index contributed by atoms with van der Waals surface area (Å²) in [5.41, 5.74) is 8.17. The molecule has 0 spiro atoms. The van der Waals surface area contributed by atoms with Crippen LogP contribution >= 0.6 is 0 Å². The second-order valence-corrected chi connectivity index (χ2v) is 9.50. The van der Waals surface area contributed by atoms with Gasteiger partial charge in [-0.15, -0.1) is 0 Å². The van der Waals surface area contributed by atoms with Crippen molar-refractivity contribution in [2.75, 3.05) is 13.7 Å². The number of piperidine rings is 1. The molecule has 2 atom stereocenters. The van der Waals surface area contributed by atoms with Crippen LogP contribution in [0.1, 0.15) is 59.2 Å². The number of imidazole rings is 1. The molecule has 3 aromatic carbocycles. The maximum atomic E-state index is 13.6. The number of H-pyrrole nitrogens is 1. The monoisotopic (exact) mass is 453 g/mol. The average Bonchev–Trinajstić information content (AvgIpc) is 3.36. The molecule has 2 aliphatic rings.